The summed E-state index contributed by atoms with van der Waals surface area (Å²) >= 11 is 1.67. The Bertz CT molecular complexity index is 279. The highest BCUT2D eigenvalue weighted by Gasteiger charge is 2.10. The molecule has 11 heavy (non-hydrogen) atoms. The van der Waals surface area contributed by atoms with Crippen LogP contribution < -0.4 is 4.74 Å². The van der Waals surface area contributed by atoms with Crippen LogP contribution in [-0.4, -0.2) is 18.9 Å². The molecule has 1 aliphatic rings. The zero-order chi connectivity index (χ0) is 7.68. The number of rotatable bonds is 0. The van der Waals surface area contributed by atoms with Crippen molar-refractivity contribution in [1.82, 2.24) is 0 Å². The van der Waals surface area contributed by atoms with E-state index in [-0.39, 0.29) is 6.10 Å². The van der Waals surface area contributed by atoms with Crippen molar-refractivity contribution in [2.75, 3.05) is 6.54 Å². The van der Waals surface area contributed by atoms with Crippen LogP contribution in [0.1, 0.15) is 11.8 Å². The smallest absolute Gasteiger partial charge is 0.139 e. The van der Waals surface area contributed by atoms with E-state index in [2.05, 4.69) is 4.99 Å². The molecule has 1 aromatic heterocycles. The molecule has 1 atom stereocenters. The van der Waals surface area contributed by atoms with Crippen LogP contribution in [0, 0.1) is 0 Å². The SMILES string of the molecule is C[C@H]1CN=Cc2sccc2O1. The predicted octanol–water partition coefficient (Wildman–Crippen LogP) is 1.95. The first-order chi connectivity index (χ1) is 5.36. The number of hydrogen-bond donors (Lipinski definition) is 0. The lowest BCUT2D eigenvalue weighted by Crippen LogP contribution is -2.13. The van der Waals surface area contributed by atoms with Crippen LogP contribution in [0.5, 0.6) is 5.75 Å². The van der Waals surface area contributed by atoms with Gasteiger partial charge in [0.1, 0.15) is 11.9 Å². The Kier molecular flexibility index (Phi) is 1.66. The molecule has 58 valence electrons. The highest BCUT2D eigenvalue weighted by molar-refractivity contribution is 7.12. The fourth-order valence-corrected chi connectivity index (χ4v) is 1.74. The molecule has 0 unspecified atom stereocenters. The van der Waals surface area contributed by atoms with Crippen molar-refractivity contribution in [2.24, 2.45) is 4.99 Å². The lowest BCUT2D eigenvalue weighted by Gasteiger charge is -2.08. The monoisotopic (exact) mass is 167 g/mol. The standard InChI is InChI=1S/C8H9NOS/c1-6-4-9-5-8-7(10-6)2-3-11-8/h2-3,5-6H,4H2,1H3/t6-/m0/s1. The molecular formula is C8H9NOS. The Balaban J connectivity index is 2.37. The van der Waals surface area contributed by atoms with E-state index in [4.69, 9.17) is 4.74 Å². The van der Waals surface area contributed by atoms with Crippen LogP contribution in [0.15, 0.2) is 16.4 Å². The summed E-state index contributed by atoms with van der Waals surface area (Å²) in [6.45, 7) is 2.80. The van der Waals surface area contributed by atoms with E-state index in [0.717, 1.165) is 17.2 Å². The number of nitrogens with zero attached hydrogens (tertiary/aromatic N) is 1. The van der Waals surface area contributed by atoms with Crippen molar-refractivity contribution in [3.63, 3.8) is 0 Å². The molecule has 0 bridgehead atoms. The van der Waals surface area contributed by atoms with Gasteiger partial charge in [-0.1, -0.05) is 0 Å². The average molecular weight is 167 g/mol. The molecule has 0 N–H and O–H groups in total. The minimum absolute atomic E-state index is 0.210. The van der Waals surface area contributed by atoms with Gasteiger partial charge in [0, 0.05) is 6.21 Å². The fraction of sp³-hybridized carbons (Fsp3) is 0.375. The van der Waals surface area contributed by atoms with Gasteiger partial charge in [-0.3, -0.25) is 4.99 Å². The van der Waals surface area contributed by atoms with Crippen molar-refractivity contribution in [3.05, 3.63) is 16.3 Å². The quantitative estimate of drug-likeness (QED) is 0.578. The maximum Gasteiger partial charge on any atom is 0.139 e. The van der Waals surface area contributed by atoms with Gasteiger partial charge in [0.05, 0.1) is 11.4 Å². The third-order valence-electron chi connectivity index (χ3n) is 1.56. The summed E-state index contributed by atoms with van der Waals surface area (Å²) in [6, 6.07) is 1.99. The first kappa shape index (κ1) is 6.85. The predicted molar refractivity (Wildman–Crippen MR) is 46.9 cm³/mol. The molecule has 3 heteroatoms. The Labute approximate surface area is 69.5 Å². The average Bonchev–Trinajstić information content (AvgIpc) is 2.31. The van der Waals surface area contributed by atoms with Crippen molar-refractivity contribution < 1.29 is 4.74 Å². The second-order valence-corrected chi connectivity index (χ2v) is 3.52. The highest BCUT2D eigenvalue weighted by atomic mass is 32.1. The van der Waals surface area contributed by atoms with Gasteiger partial charge in [0.25, 0.3) is 0 Å². The molecule has 0 amide bonds. The minimum Gasteiger partial charge on any atom is -0.487 e. The van der Waals surface area contributed by atoms with E-state index in [1.54, 1.807) is 11.3 Å². The van der Waals surface area contributed by atoms with E-state index in [1.165, 1.54) is 0 Å². The Morgan fingerprint density at radius 2 is 2.64 bits per heavy atom. The molecule has 2 rings (SSSR count). The second kappa shape index (κ2) is 2.66. The molecule has 1 aromatic rings. The summed E-state index contributed by atoms with van der Waals surface area (Å²) in [7, 11) is 0. The number of thiophene rings is 1. The zero-order valence-electron chi connectivity index (χ0n) is 6.28. The third-order valence-corrected chi connectivity index (χ3v) is 2.39. The van der Waals surface area contributed by atoms with Crippen LogP contribution in [0.4, 0.5) is 0 Å². The van der Waals surface area contributed by atoms with Gasteiger partial charge >= 0.3 is 0 Å². The summed E-state index contributed by atoms with van der Waals surface area (Å²) in [5, 5.41) is 2.02. The Morgan fingerprint density at radius 3 is 3.55 bits per heavy atom. The lowest BCUT2D eigenvalue weighted by molar-refractivity contribution is 0.233. The van der Waals surface area contributed by atoms with E-state index in [0.29, 0.717) is 0 Å². The summed E-state index contributed by atoms with van der Waals surface area (Å²) in [5.74, 6) is 0.976. The number of ether oxygens (including phenoxy) is 1. The summed E-state index contributed by atoms with van der Waals surface area (Å²) in [4.78, 5) is 5.36. The van der Waals surface area contributed by atoms with Crippen molar-refractivity contribution in [2.45, 2.75) is 13.0 Å². The molecule has 0 radical (unpaired) electrons. The van der Waals surface area contributed by atoms with Gasteiger partial charge in [-0.15, -0.1) is 11.3 Å². The van der Waals surface area contributed by atoms with E-state index in [1.807, 2.05) is 24.6 Å². The van der Waals surface area contributed by atoms with Gasteiger partial charge in [-0.2, -0.15) is 0 Å². The van der Waals surface area contributed by atoms with Crippen LogP contribution in [-0.2, 0) is 0 Å². The van der Waals surface area contributed by atoms with Gasteiger partial charge in [-0.05, 0) is 18.4 Å². The molecule has 1 aliphatic heterocycles. The summed E-state index contributed by atoms with van der Waals surface area (Å²) < 4.78 is 5.58. The fourth-order valence-electron chi connectivity index (χ4n) is 1.04. The Hall–Kier alpha value is -0.830. The van der Waals surface area contributed by atoms with Crippen molar-refractivity contribution in [3.8, 4) is 5.75 Å². The molecular weight excluding hydrogens is 158 g/mol. The van der Waals surface area contributed by atoms with Gasteiger partial charge in [0.2, 0.25) is 0 Å². The first-order valence-corrected chi connectivity index (χ1v) is 4.48. The molecule has 0 spiro atoms. The summed E-state index contributed by atoms with van der Waals surface area (Å²) in [6.07, 6.45) is 2.10. The zero-order valence-corrected chi connectivity index (χ0v) is 7.10. The first-order valence-electron chi connectivity index (χ1n) is 3.60. The number of fused-ring (bicyclic) bond motifs is 1. The van der Waals surface area contributed by atoms with E-state index >= 15 is 0 Å². The van der Waals surface area contributed by atoms with Crippen molar-refractivity contribution >= 4 is 17.6 Å². The molecule has 0 fully saturated rings. The van der Waals surface area contributed by atoms with Crippen LogP contribution >= 0.6 is 11.3 Å². The van der Waals surface area contributed by atoms with E-state index in [9.17, 15) is 0 Å². The molecule has 0 saturated heterocycles. The lowest BCUT2D eigenvalue weighted by atomic mass is 10.4. The van der Waals surface area contributed by atoms with Crippen molar-refractivity contribution in [1.29, 1.82) is 0 Å². The number of aliphatic imine (C=N–C) groups is 1. The molecule has 0 aliphatic carbocycles. The summed E-state index contributed by atoms with van der Waals surface area (Å²) in [5.41, 5.74) is 0. The number of hydrogen-bond acceptors (Lipinski definition) is 3. The van der Waals surface area contributed by atoms with Gasteiger partial charge < -0.3 is 4.74 Å². The minimum atomic E-state index is 0.210. The molecule has 2 nitrogen and oxygen atoms in total. The largest absolute Gasteiger partial charge is 0.487 e. The van der Waals surface area contributed by atoms with Crippen LogP contribution in [0.3, 0.4) is 0 Å². The normalized spacial score (nSPS) is 22.1. The highest BCUT2D eigenvalue weighted by Crippen LogP contribution is 2.25. The van der Waals surface area contributed by atoms with Gasteiger partial charge in [0.15, 0.2) is 0 Å². The topological polar surface area (TPSA) is 21.6 Å². The van der Waals surface area contributed by atoms with E-state index < -0.39 is 0 Å². The molecule has 0 saturated carbocycles. The maximum absolute atomic E-state index is 5.58. The van der Waals surface area contributed by atoms with Crippen LogP contribution in [0.2, 0.25) is 0 Å². The molecule has 2 heterocycles. The molecule has 0 aromatic carbocycles. The third kappa shape index (κ3) is 1.28. The Morgan fingerprint density at radius 1 is 1.73 bits per heavy atom. The van der Waals surface area contributed by atoms with Crippen LogP contribution in [0.25, 0.3) is 0 Å². The van der Waals surface area contributed by atoms with Gasteiger partial charge in [-0.25, -0.2) is 0 Å². The second-order valence-electron chi connectivity index (χ2n) is 2.57. The maximum atomic E-state index is 5.58.